The summed E-state index contributed by atoms with van der Waals surface area (Å²) in [6, 6.07) is 6.07. The van der Waals surface area contributed by atoms with E-state index in [0.29, 0.717) is 11.1 Å². The number of nitrogens with zero attached hydrogens (tertiary/aromatic N) is 2. The summed E-state index contributed by atoms with van der Waals surface area (Å²) in [6.45, 7) is 2.32. The molecule has 180 valence electrons. The van der Waals surface area contributed by atoms with Gasteiger partial charge in [0, 0.05) is 5.57 Å². The van der Waals surface area contributed by atoms with Crippen LogP contribution in [0.15, 0.2) is 40.1 Å². The van der Waals surface area contributed by atoms with Crippen LogP contribution in [-0.4, -0.2) is 65.7 Å². The first-order chi connectivity index (χ1) is 16.0. The average molecular weight is 472 g/mol. The van der Waals surface area contributed by atoms with E-state index in [0.717, 1.165) is 0 Å². The van der Waals surface area contributed by atoms with E-state index in [1.54, 1.807) is 19.1 Å². The molecule has 1 N–H and O–H groups in total. The summed E-state index contributed by atoms with van der Waals surface area (Å²) in [5, 5.41) is 17.7. The fourth-order valence-corrected chi connectivity index (χ4v) is 2.90. The fourth-order valence-electron chi connectivity index (χ4n) is 2.90. The number of azo groups is 1. The fraction of sp³-hybridized carbons (Fsp3) is 0.391. The normalized spacial score (nSPS) is 20.4. The smallest absolute Gasteiger partial charge is 0.338 e. The Morgan fingerprint density at radius 2 is 1.59 bits per heavy atom. The summed E-state index contributed by atoms with van der Waals surface area (Å²) in [5.74, 6) is -8.01. The minimum absolute atomic E-state index is 0.0418. The second-order valence-corrected chi connectivity index (χ2v) is 7.51. The molecule has 0 bridgehead atoms. The average Bonchev–Trinajstić information content (AvgIpc) is 2.76. The molecule has 0 amide bonds. The van der Waals surface area contributed by atoms with Crippen LogP contribution in [0.4, 0.5) is 0 Å². The topological polar surface area (TPSA) is 166 Å². The Morgan fingerprint density at radius 3 is 2.18 bits per heavy atom. The van der Waals surface area contributed by atoms with Crippen molar-refractivity contribution in [1.82, 2.24) is 0 Å². The molecule has 1 aromatic rings. The van der Waals surface area contributed by atoms with Gasteiger partial charge in [-0.1, -0.05) is 12.1 Å². The maximum Gasteiger partial charge on any atom is 0.338 e. The van der Waals surface area contributed by atoms with Crippen LogP contribution in [-0.2, 0) is 33.4 Å². The Kier molecular flexibility index (Phi) is 9.19. The number of rotatable bonds is 5. The van der Waals surface area contributed by atoms with E-state index in [4.69, 9.17) is 9.47 Å². The third kappa shape index (κ3) is 7.62. The Labute approximate surface area is 194 Å². The number of hydrogen-bond donors (Lipinski definition) is 1. The third-order valence-electron chi connectivity index (χ3n) is 4.61. The van der Waals surface area contributed by atoms with Crippen LogP contribution in [0.3, 0.4) is 0 Å². The monoisotopic (exact) mass is 472 g/mol. The quantitative estimate of drug-likeness (QED) is 0.288. The number of ether oxygens (including phenoxy) is 2. The zero-order valence-electron chi connectivity index (χ0n) is 18.7. The summed E-state index contributed by atoms with van der Waals surface area (Å²) in [7, 11) is 0. The van der Waals surface area contributed by atoms with Crippen molar-refractivity contribution < 1.29 is 43.3 Å². The minimum Gasteiger partial charge on any atom is -0.462 e. The Bertz CT molecular complexity index is 1060. The lowest BCUT2D eigenvalue weighted by Gasteiger charge is -2.26. The highest BCUT2D eigenvalue weighted by Gasteiger charge is 2.43. The molecule has 0 fully saturated rings. The lowest BCUT2D eigenvalue weighted by molar-refractivity contribution is -0.208. The molecule has 1 unspecified atom stereocenters. The van der Waals surface area contributed by atoms with Crippen molar-refractivity contribution in [2.24, 2.45) is 10.2 Å². The molecule has 34 heavy (non-hydrogen) atoms. The lowest BCUT2D eigenvalue weighted by Crippen LogP contribution is -2.46. The van der Waals surface area contributed by atoms with Gasteiger partial charge in [0.2, 0.25) is 5.78 Å². The van der Waals surface area contributed by atoms with Crippen molar-refractivity contribution in [3.8, 4) is 0 Å². The van der Waals surface area contributed by atoms with E-state index in [2.05, 4.69) is 10.2 Å². The molecule has 1 atom stereocenters. The van der Waals surface area contributed by atoms with Gasteiger partial charge in [-0.2, -0.15) is 10.2 Å². The van der Waals surface area contributed by atoms with Crippen molar-refractivity contribution >= 4 is 41.1 Å². The number of esters is 2. The molecule has 0 radical (unpaired) electrons. The second kappa shape index (κ2) is 11.8. The van der Waals surface area contributed by atoms with Crippen LogP contribution in [0.5, 0.6) is 0 Å². The van der Waals surface area contributed by atoms with Crippen molar-refractivity contribution in [3.63, 3.8) is 0 Å². The molecule has 1 aromatic carbocycles. The van der Waals surface area contributed by atoms with Gasteiger partial charge in [0.25, 0.3) is 5.79 Å². The largest absolute Gasteiger partial charge is 0.462 e. The molecule has 0 aliphatic carbocycles. The summed E-state index contributed by atoms with van der Waals surface area (Å²) in [5.41, 5.74) is 0.770. The first-order valence-electron chi connectivity index (χ1n) is 10.4. The van der Waals surface area contributed by atoms with Gasteiger partial charge in [-0.05, 0) is 37.6 Å². The predicted molar refractivity (Wildman–Crippen MR) is 116 cm³/mol. The zero-order valence-corrected chi connectivity index (χ0v) is 18.7. The molecular formula is C23H24N2O9. The second-order valence-electron chi connectivity index (χ2n) is 7.51. The van der Waals surface area contributed by atoms with Crippen LogP contribution in [0.25, 0.3) is 6.08 Å². The van der Waals surface area contributed by atoms with E-state index in [1.807, 2.05) is 0 Å². The first kappa shape index (κ1) is 26.4. The number of carbonyl (C=O) groups excluding carboxylic acids is 6. The van der Waals surface area contributed by atoms with Gasteiger partial charge in [-0.15, -0.1) is 0 Å². The van der Waals surface area contributed by atoms with Crippen LogP contribution in [0, 0.1) is 0 Å². The van der Waals surface area contributed by atoms with Crippen LogP contribution in [0.1, 0.15) is 49.0 Å². The Morgan fingerprint density at radius 1 is 1.00 bits per heavy atom. The summed E-state index contributed by atoms with van der Waals surface area (Å²) in [6.07, 6.45) is -1.11. The number of ketones is 4. The van der Waals surface area contributed by atoms with Gasteiger partial charge < -0.3 is 14.6 Å². The highest BCUT2D eigenvalue weighted by atomic mass is 16.7. The molecule has 0 saturated carbocycles. The molecule has 1 heterocycles. The minimum atomic E-state index is -2.93. The lowest BCUT2D eigenvalue weighted by atomic mass is 9.98. The maximum atomic E-state index is 12.6. The van der Waals surface area contributed by atoms with Gasteiger partial charge in [-0.25, -0.2) is 9.59 Å². The molecule has 0 spiro atoms. The van der Waals surface area contributed by atoms with Gasteiger partial charge in [0.1, 0.15) is 18.9 Å². The highest BCUT2D eigenvalue weighted by molar-refractivity contribution is 6.08. The number of carbonyl (C=O) groups is 6. The Hall–Kier alpha value is -3.86. The highest BCUT2D eigenvalue weighted by Crippen LogP contribution is 2.21. The van der Waals surface area contributed by atoms with Crippen molar-refractivity contribution in [3.05, 3.63) is 41.0 Å². The number of benzene rings is 1. The van der Waals surface area contributed by atoms with E-state index in [9.17, 15) is 33.9 Å². The number of aliphatic hydroxyl groups is 1. The molecule has 11 nitrogen and oxygen atoms in total. The number of hydrogen-bond acceptors (Lipinski definition) is 11. The predicted octanol–water partition coefficient (Wildman–Crippen LogP) is 1.41. The van der Waals surface area contributed by atoms with Crippen LogP contribution in [0.2, 0.25) is 0 Å². The van der Waals surface area contributed by atoms with Crippen molar-refractivity contribution in [1.29, 1.82) is 0 Å². The van der Waals surface area contributed by atoms with Gasteiger partial charge in [0.15, 0.2) is 11.6 Å². The standard InChI is InChI=1S/C23H24N2O9/c1-3-33-22(31)16-6-4-15(5-7-16)8-14(2)21(30)34-23(32)11-17(26)9-18(27)12-24-25-13-19(28)10-20(23)29/h4-8,32H,3,9-13H2,1-2H3. The van der Waals surface area contributed by atoms with E-state index in [-0.39, 0.29) is 12.2 Å². The van der Waals surface area contributed by atoms with E-state index in [1.165, 1.54) is 25.1 Å². The van der Waals surface area contributed by atoms with E-state index < -0.39 is 73.2 Å². The maximum absolute atomic E-state index is 12.6. The Balaban J connectivity index is 2.21. The van der Waals surface area contributed by atoms with Gasteiger partial charge in [-0.3, -0.25) is 19.2 Å². The molecule has 0 aromatic heterocycles. The van der Waals surface area contributed by atoms with E-state index >= 15 is 0 Å². The summed E-state index contributed by atoms with van der Waals surface area (Å²) in [4.78, 5) is 72.7. The zero-order chi connectivity index (χ0) is 25.3. The molecule has 0 saturated heterocycles. The van der Waals surface area contributed by atoms with Crippen molar-refractivity contribution in [2.45, 2.75) is 38.9 Å². The molecule has 2 rings (SSSR count). The molecule has 1 aliphatic rings. The van der Waals surface area contributed by atoms with Crippen LogP contribution < -0.4 is 0 Å². The van der Waals surface area contributed by atoms with Gasteiger partial charge in [0.05, 0.1) is 31.4 Å². The SMILES string of the molecule is CCOC(=O)c1ccc(C=C(C)C(=O)OC2(O)CC(=O)CC(=O)CN=NCC(=O)CC2=O)cc1. The summed E-state index contributed by atoms with van der Waals surface area (Å²) < 4.78 is 9.86. The van der Waals surface area contributed by atoms with Crippen molar-refractivity contribution in [2.75, 3.05) is 19.7 Å². The third-order valence-corrected chi connectivity index (χ3v) is 4.61. The summed E-state index contributed by atoms with van der Waals surface area (Å²) >= 11 is 0. The number of Topliss-reactive ketones (excluding diaryl/α,β-unsaturated/α-hetero) is 4. The van der Waals surface area contributed by atoms with Crippen LogP contribution >= 0.6 is 0 Å². The molecular weight excluding hydrogens is 448 g/mol. The molecule has 1 aliphatic heterocycles. The van der Waals surface area contributed by atoms with Gasteiger partial charge >= 0.3 is 11.9 Å². The molecule has 11 heteroatoms. The first-order valence-corrected chi connectivity index (χ1v) is 10.4.